The van der Waals surface area contributed by atoms with Gasteiger partial charge >= 0.3 is 0 Å². The molecule has 1 aliphatic heterocycles. The molecular formula is C22H32N4O3S. The molecule has 0 radical (unpaired) electrons. The number of fused-ring (bicyclic) bond motifs is 1. The van der Waals surface area contributed by atoms with Crippen LogP contribution < -0.4 is 10.9 Å². The van der Waals surface area contributed by atoms with Crippen molar-refractivity contribution in [1.82, 2.24) is 20.1 Å². The molecule has 8 heteroatoms. The fraction of sp³-hybridized carbons (Fsp3) is 0.545. The van der Waals surface area contributed by atoms with Crippen LogP contribution in [0.2, 0.25) is 0 Å². The molecule has 164 valence electrons. The van der Waals surface area contributed by atoms with Crippen LogP contribution in [0.1, 0.15) is 23.1 Å². The molecule has 3 N–H and O–H groups in total. The molecule has 7 nitrogen and oxygen atoms in total. The Balaban J connectivity index is 1.62. The summed E-state index contributed by atoms with van der Waals surface area (Å²) in [5.41, 5.74) is 3.60. The maximum Gasteiger partial charge on any atom is 0.253 e. The van der Waals surface area contributed by atoms with E-state index in [4.69, 9.17) is 17.0 Å². The minimum absolute atomic E-state index is 0.0285. The molecule has 2 aromatic rings. The summed E-state index contributed by atoms with van der Waals surface area (Å²) in [6, 6.07) is 6.06. The second-order valence-electron chi connectivity index (χ2n) is 7.85. The minimum atomic E-state index is -0.118. The average molecular weight is 433 g/mol. The molecule has 0 atom stereocenters. The Morgan fingerprint density at radius 1 is 1.30 bits per heavy atom. The first-order valence-corrected chi connectivity index (χ1v) is 11.0. The van der Waals surface area contributed by atoms with E-state index in [0.717, 1.165) is 67.8 Å². The Labute approximate surface area is 183 Å². The average Bonchev–Trinajstić information content (AvgIpc) is 2.72. The van der Waals surface area contributed by atoms with Crippen LogP contribution >= 0.6 is 12.2 Å². The highest BCUT2D eigenvalue weighted by Crippen LogP contribution is 2.18. The lowest BCUT2D eigenvalue weighted by Crippen LogP contribution is -2.43. The van der Waals surface area contributed by atoms with Gasteiger partial charge in [-0.2, -0.15) is 0 Å². The number of nitrogens with zero attached hydrogens (tertiary/aromatic N) is 2. The third kappa shape index (κ3) is 6.01. The molecule has 1 saturated heterocycles. The summed E-state index contributed by atoms with van der Waals surface area (Å²) in [6.07, 6.45) is 0.974. The number of rotatable bonds is 8. The van der Waals surface area contributed by atoms with Gasteiger partial charge in [0.1, 0.15) is 0 Å². The van der Waals surface area contributed by atoms with Gasteiger partial charge < -0.3 is 25.0 Å². The predicted molar refractivity (Wildman–Crippen MR) is 124 cm³/mol. The number of hydrogen-bond acceptors (Lipinski definition) is 5. The second kappa shape index (κ2) is 10.9. The molecule has 1 aromatic carbocycles. The topological polar surface area (TPSA) is 80.8 Å². The van der Waals surface area contributed by atoms with Crippen molar-refractivity contribution in [1.29, 1.82) is 0 Å². The summed E-state index contributed by atoms with van der Waals surface area (Å²) in [5.74, 6) is 0. The minimum Gasteiger partial charge on any atom is -0.395 e. The number of benzene rings is 1. The van der Waals surface area contributed by atoms with Crippen LogP contribution in [0.15, 0.2) is 23.0 Å². The maximum absolute atomic E-state index is 12.6. The van der Waals surface area contributed by atoms with Crippen molar-refractivity contribution in [2.75, 3.05) is 52.5 Å². The summed E-state index contributed by atoms with van der Waals surface area (Å²) >= 11 is 5.55. The van der Waals surface area contributed by atoms with Gasteiger partial charge in [0.15, 0.2) is 5.11 Å². The highest BCUT2D eigenvalue weighted by Gasteiger charge is 2.14. The van der Waals surface area contributed by atoms with Gasteiger partial charge in [0.05, 0.1) is 31.9 Å². The van der Waals surface area contributed by atoms with Crippen LogP contribution in [0.3, 0.4) is 0 Å². The van der Waals surface area contributed by atoms with Gasteiger partial charge in [-0.1, -0.05) is 11.6 Å². The van der Waals surface area contributed by atoms with E-state index in [2.05, 4.69) is 27.3 Å². The molecule has 0 aliphatic carbocycles. The first-order valence-electron chi connectivity index (χ1n) is 10.5. The van der Waals surface area contributed by atoms with Crippen LogP contribution in [0.5, 0.6) is 0 Å². The Hall–Kier alpha value is -2.00. The van der Waals surface area contributed by atoms with Crippen molar-refractivity contribution < 1.29 is 9.84 Å². The number of nitrogens with one attached hydrogen (secondary N) is 2. The molecule has 2 heterocycles. The zero-order valence-corrected chi connectivity index (χ0v) is 18.7. The van der Waals surface area contributed by atoms with Crippen molar-refractivity contribution in [2.24, 2.45) is 0 Å². The molecule has 0 bridgehead atoms. The van der Waals surface area contributed by atoms with Gasteiger partial charge in [0.2, 0.25) is 0 Å². The SMILES string of the molecule is Cc1cc(C)c2[nH]c(=O)c(CN(CCO)C(=S)NCCCN3CCOCC3)cc2c1. The Morgan fingerprint density at radius 3 is 2.80 bits per heavy atom. The quantitative estimate of drug-likeness (QED) is 0.431. The van der Waals surface area contributed by atoms with Gasteiger partial charge in [0, 0.05) is 31.7 Å². The number of H-pyrrole nitrogens is 1. The monoisotopic (exact) mass is 432 g/mol. The number of thiocarbonyl (C=S) groups is 1. The van der Waals surface area contributed by atoms with E-state index in [1.165, 1.54) is 0 Å². The number of hydrogen-bond donors (Lipinski definition) is 3. The van der Waals surface area contributed by atoms with Crippen LogP contribution in [-0.2, 0) is 11.3 Å². The van der Waals surface area contributed by atoms with E-state index in [1.807, 2.05) is 24.8 Å². The van der Waals surface area contributed by atoms with E-state index in [9.17, 15) is 9.90 Å². The molecular weight excluding hydrogens is 400 g/mol. The molecule has 0 unspecified atom stereocenters. The lowest BCUT2D eigenvalue weighted by Gasteiger charge is -2.27. The van der Waals surface area contributed by atoms with E-state index in [-0.39, 0.29) is 12.2 Å². The first-order chi connectivity index (χ1) is 14.5. The largest absolute Gasteiger partial charge is 0.395 e. The van der Waals surface area contributed by atoms with Crippen LogP contribution in [0, 0.1) is 13.8 Å². The summed E-state index contributed by atoms with van der Waals surface area (Å²) in [5, 5.41) is 14.3. The summed E-state index contributed by atoms with van der Waals surface area (Å²) in [7, 11) is 0. The smallest absolute Gasteiger partial charge is 0.253 e. The second-order valence-corrected chi connectivity index (χ2v) is 8.24. The molecule has 1 aliphatic rings. The zero-order valence-electron chi connectivity index (χ0n) is 17.9. The standard InChI is InChI=1S/C22H32N4O3S/c1-16-12-17(2)20-18(13-16)14-19(21(28)24-20)15-26(6-9-27)22(30)23-4-3-5-25-7-10-29-11-8-25/h12-14,27H,3-11,15H2,1-2H3,(H,23,30)(H,24,28). The van der Waals surface area contributed by atoms with Crippen molar-refractivity contribution in [3.63, 3.8) is 0 Å². The van der Waals surface area contributed by atoms with Crippen molar-refractivity contribution in [3.05, 3.63) is 45.2 Å². The zero-order chi connectivity index (χ0) is 21.5. The maximum atomic E-state index is 12.6. The van der Waals surface area contributed by atoms with Crippen molar-refractivity contribution in [2.45, 2.75) is 26.8 Å². The van der Waals surface area contributed by atoms with Crippen molar-refractivity contribution >= 4 is 28.2 Å². The van der Waals surface area contributed by atoms with E-state index >= 15 is 0 Å². The highest BCUT2D eigenvalue weighted by molar-refractivity contribution is 7.80. The predicted octanol–water partition coefficient (Wildman–Crippen LogP) is 1.54. The molecule has 30 heavy (non-hydrogen) atoms. The van der Waals surface area contributed by atoms with Crippen LogP contribution in [-0.4, -0.2) is 77.5 Å². The number of aryl methyl sites for hydroxylation is 2. The Bertz CT molecular complexity index is 924. The van der Waals surface area contributed by atoms with E-state index in [0.29, 0.717) is 23.8 Å². The number of aromatic amines is 1. The molecule has 0 amide bonds. The number of pyridine rings is 1. The molecule has 1 fully saturated rings. The number of aromatic nitrogens is 1. The number of aliphatic hydroxyl groups is 1. The third-order valence-corrected chi connectivity index (χ3v) is 5.82. The van der Waals surface area contributed by atoms with Gasteiger partial charge in [-0.25, -0.2) is 0 Å². The van der Waals surface area contributed by atoms with E-state index in [1.54, 1.807) is 0 Å². The molecule has 3 rings (SSSR count). The van der Waals surface area contributed by atoms with Gasteiger partial charge in [-0.3, -0.25) is 9.69 Å². The lowest BCUT2D eigenvalue weighted by molar-refractivity contribution is 0.0376. The van der Waals surface area contributed by atoms with Crippen LogP contribution in [0.25, 0.3) is 10.9 Å². The normalized spacial score (nSPS) is 14.8. The summed E-state index contributed by atoms with van der Waals surface area (Å²) < 4.78 is 5.37. The molecule has 0 spiro atoms. The number of morpholine rings is 1. The van der Waals surface area contributed by atoms with E-state index < -0.39 is 0 Å². The molecule has 0 saturated carbocycles. The number of ether oxygens (including phenoxy) is 1. The third-order valence-electron chi connectivity index (χ3n) is 5.42. The van der Waals surface area contributed by atoms with Gasteiger partial charge in [-0.05, 0) is 62.1 Å². The molecule has 1 aromatic heterocycles. The summed E-state index contributed by atoms with van der Waals surface area (Å²) in [4.78, 5) is 19.9. The fourth-order valence-electron chi connectivity index (χ4n) is 3.86. The van der Waals surface area contributed by atoms with Gasteiger partial charge in [0.25, 0.3) is 5.56 Å². The fourth-order valence-corrected chi connectivity index (χ4v) is 4.12. The van der Waals surface area contributed by atoms with Crippen molar-refractivity contribution in [3.8, 4) is 0 Å². The summed E-state index contributed by atoms with van der Waals surface area (Å²) in [6.45, 7) is 10.1. The lowest BCUT2D eigenvalue weighted by atomic mass is 10.1. The highest BCUT2D eigenvalue weighted by atomic mass is 32.1. The Kier molecular flexibility index (Phi) is 8.21. The first kappa shape index (κ1) is 22.7. The number of aliphatic hydroxyl groups excluding tert-OH is 1. The Morgan fingerprint density at radius 2 is 2.07 bits per heavy atom. The van der Waals surface area contributed by atoms with Gasteiger partial charge in [-0.15, -0.1) is 0 Å². The van der Waals surface area contributed by atoms with Crippen LogP contribution in [0.4, 0.5) is 0 Å².